The molecule has 5 heteroatoms. The van der Waals surface area contributed by atoms with Crippen LogP contribution in [0.25, 0.3) is 9.88 Å². The lowest BCUT2D eigenvalue weighted by Gasteiger charge is -2.09. The molecule has 0 fully saturated rings. The maximum atomic E-state index is 12.5. The number of nitrogens with zero attached hydrogens (tertiary/aromatic N) is 1. The highest BCUT2D eigenvalue weighted by atomic mass is 32.1. The molecule has 0 aliphatic rings. The number of carbonyl (C=O) groups is 1. The summed E-state index contributed by atoms with van der Waals surface area (Å²) < 4.78 is 0. The number of thiophene rings is 1. The third-order valence-electron chi connectivity index (χ3n) is 3.59. The van der Waals surface area contributed by atoms with Crippen LogP contribution in [-0.2, 0) is 0 Å². The monoisotopic (exact) mass is 328 g/mol. The summed E-state index contributed by atoms with van der Waals surface area (Å²) in [5.41, 5.74) is 3.89. The van der Waals surface area contributed by atoms with E-state index in [-0.39, 0.29) is 5.91 Å². The molecular formula is C17H16N2OS2. The zero-order valence-electron chi connectivity index (χ0n) is 12.6. The average molecular weight is 328 g/mol. The van der Waals surface area contributed by atoms with E-state index in [0.29, 0.717) is 4.88 Å². The summed E-state index contributed by atoms with van der Waals surface area (Å²) in [5.74, 6) is -0.0912. The number of benzene rings is 1. The van der Waals surface area contributed by atoms with Crippen molar-refractivity contribution < 1.29 is 4.79 Å². The van der Waals surface area contributed by atoms with Gasteiger partial charge in [0.15, 0.2) is 0 Å². The number of anilines is 1. The van der Waals surface area contributed by atoms with E-state index in [1.807, 2.05) is 56.5 Å². The molecule has 0 radical (unpaired) electrons. The van der Waals surface area contributed by atoms with Crippen molar-refractivity contribution in [1.29, 1.82) is 0 Å². The molecule has 0 spiro atoms. The van der Waals surface area contributed by atoms with E-state index in [1.165, 1.54) is 11.3 Å². The molecule has 0 saturated heterocycles. The van der Waals surface area contributed by atoms with E-state index in [0.717, 1.165) is 32.4 Å². The first-order valence-corrected chi connectivity index (χ1v) is 8.64. The van der Waals surface area contributed by atoms with Crippen molar-refractivity contribution in [3.63, 3.8) is 0 Å². The number of aryl methyl sites for hydroxylation is 2. The number of amides is 1. The van der Waals surface area contributed by atoms with E-state index in [1.54, 1.807) is 11.3 Å². The lowest BCUT2D eigenvalue weighted by Crippen LogP contribution is -2.12. The second-order valence-corrected chi connectivity index (χ2v) is 7.06. The third kappa shape index (κ3) is 2.82. The van der Waals surface area contributed by atoms with Crippen LogP contribution >= 0.6 is 22.7 Å². The van der Waals surface area contributed by atoms with Crippen LogP contribution in [0.15, 0.2) is 35.7 Å². The van der Waals surface area contributed by atoms with Crippen molar-refractivity contribution in [2.45, 2.75) is 20.8 Å². The Balaban J connectivity index is 1.88. The van der Waals surface area contributed by atoms with Crippen LogP contribution in [-0.4, -0.2) is 10.9 Å². The van der Waals surface area contributed by atoms with Crippen LogP contribution in [0.4, 0.5) is 5.69 Å². The maximum absolute atomic E-state index is 12.5. The van der Waals surface area contributed by atoms with Crippen LogP contribution in [0.3, 0.4) is 0 Å². The maximum Gasteiger partial charge on any atom is 0.267 e. The Morgan fingerprint density at radius 1 is 1.14 bits per heavy atom. The summed E-state index contributed by atoms with van der Waals surface area (Å²) in [5, 5.41) is 5.92. The molecule has 0 atom stereocenters. The van der Waals surface area contributed by atoms with Crippen LogP contribution < -0.4 is 5.32 Å². The van der Waals surface area contributed by atoms with Gasteiger partial charge in [0.25, 0.3) is 5.91 Å². The van der Waals surface area contributed by atoms with Crippen LogP contribution in [0.2, 0.25) is 0 Å². The Morgan fingerprint density at radius 3 is 2.68 bits per heavy atom. The fourth-order valence-electron chi connectivity index (χ4n) is 2.18. The Morgan fingerprint density at radius 2 is 1.95 bits per heavy atom. The highest BCUT2D eigenvalue weighted by Crippen LogP contribution is 2.31. The van der Waals surface area contributed by atoms with Crippen molar-refractivity contribution >= 4 is 34.3 Å². The van der Waals surface area contributed by atoms with E-state index in [4.69, 9.17) is 0 Å². The standard InChI is InChI=1S/C17H16N2OS2/c1-10-6-4-7-13(11(10)2)19-16(20)15-12(3)18-17(22-15)14-8-5-9-21-14/h4-9H,1-3H3,(H,19,20). The van der Waals surface area contributed by atoms with Gasteiger partial charge in [-0.2, -0.15) is 0 Å². The molecule has 3 rings (SSSR count). The molecule has 3 aromatic rings. The summed E-state index contributed by atoms with van der Waals surface area (Å²) in [6.07, 6.45) is 0. The van der Waals surface area contributed by atoms with Gasteiger partial charge in [0.05, 0.1) is 10.6 Å². The van der Waals surface area contributed by atoms with E-state index < -0.39 is 0 Å². The number of nitrogens with one attached hydrogen (secondary N) is 1. The molecule has 0 aliphatic carbocycles. The van der Waals surface area contributed by atoms with Crippen molar-refractivity contribution in [3.05, 3.63) is 57.4 Å². The number of hydrogen-bond acceptors (Lipinski definition) is 4. The van der Waals surface area contributed by atoms with Crippen molar-refractivity contribution in [2.75, 3.05) is 5.32 Å². The van der Waals surface area contributed by atoms with Crippen LogP contribution in [0.5, 0.6) is 0 Å². The van der Waals surface area contributed by atoms with Gasteiger partial charge >= 0.3 is 0 Å². The number of hydrogen-bond donors (Lipinski definition) is 1. The quantitative estimate of drug-likeness (QED) is 0.731. The van der Waals surface area contributed by atoms with Gasteiger partial charge in [-0.05, 0) is 49.4 Å². The first-order chi connectivity index (χ1) is 10.6. The van der Waals surface area contributed by atoms with Gasteiger partial charge in [-0.1, -0.05) is 18.2 Å². The molecule has 0 saturated carbocycles. The predicted octanol–water partition coefficient (Wildman–Crippen LogP) is 5.05. The Labute approximate surface area is 137 Å². The minimum atomic E-state index is -0.0912. The van der Waals surface area contributed by atoms with Gasteiger partial charge in [-0.3, -0.25) is 4.79 Å². The normalized spacial score (nSPS) is 10.7. The highest BCUT2D eigenvalue weighted by Gasteiger charge is 2.17. The highest BCUT2D eigenvalue weighted by molar-refractivity contribution is 7.22. The fraction of sp³-hybridized carbons (Fsp3) is 0.176. The van der Waals surface area contributed by atoms with Gasteiger partial charge in [-0.15, -0.1) is 22.7 Å². The molecule has 112 valence electrons. The second kappa shape index (κ2) is 6.02. The lowest BCUT2D eigenvalue weighted by atomic mass is 10.1. The Hall–Kier alpha value is -1.98. The number of carbonyl (C=O) groups excluding carboxylic acids is 1. The molecule has 2 heterocycles. The number of aromatic nitrogens is 1. The molecule has 1 amide bonds. The van der Waals surface area contributed by atoms with Crippen LogP contribution in [0.1, 0.15) is 26.5 Å². The molecule has 0 bridgehead atoms. The Bertz CT molecular complexity index is 819. The summed E-state index contributed by atoms with van der Waals surface area (Å²) in [6.45, 7) is 5.94. The fourth-order valence-corrected chi connectivity index (χ4v) is 3.94. The first kappa shape index (κ1) is 14.9. The SMILES string of the molecule is Cc1cccc(NC(=O)c2sc(-c3cccs3)nc2C)c1C. The lowest BCUT2D eigenvalue weighted by molar-refractivity contribution is 0.102. The second-order valence-electron chi connectivity index (χ2n) is 5.11. The topological polar surface area (TPSA) is 42.0 Å². The molecule has 22 heavy (non-hydrogen) atoms. The predicted molar refractivity (Wildman–Crippen MR) is 94.0 cm³/mol. The molecule has 2 aromatic heterocycles. The van der Waals surface area contributed by atoms with Crippen molar-refractivity contribution in [1.82, 2.24) is 4.98 Å². The van der Waals surface area contributed by atoms with Crippen LogP contribution in [0, 0.1) is 20.8 Å². The van der Waals surface area contributed by atoms with Crippen molar-refractivity contribution in [3.8, 4) is 9.88 Å². The minimum absolute atomic E-state index is 0.0912. The average Bonchev–Trinajstić information content (AvgIpc) is 3.13. The zero-order valence-corrected chi connectivity index (χ0v) is 14.3. The molecule has 0 unspecified atom stereocenters. The minimum Gasteiger partial charge on any atom is -0.321 e. The van der Waals surface area contributed by atoms with Gasteiger partial charge in [0.1, 0.15) is 9.88 Å². The van der Waals surface area contributed by atoms with Gasteiger partial charge in [-0.25, -0.2) is 4.98 Å². The van der Waals surface area contributed by atoms with E-state index in [2.05, 4.69) is 10.3 Å². The number of rotatable bonds is 3. The van der Waals surface area contributed by atoms with E-state index in [9.17, 15) is 4.79 Å². The summed E-state index contributed by atoms with van der Waals surface area (Å²) in [7, 11) is 0. The van der Waals surface area contributed by atoms with Gasteiger partial charge in [0, 0.05) is 5.69 Å². The summed E-state index contributed by atoms with van der Waals surface area (Å²) >= 11 is 3.08. The van der Waals surface area contributed by atoms with E-state index >= 15 is 0 Å². The summed E-state index contributed by atoms with van der Waals surface area (Å²) in [4.78, 5) is 18.8. The summed E-state index contributed by atoms with van der Waals surface area (Å²) in [6, 6.07) is 9.94. The zero-order chi connectivity index (χ0) is 15.7. The molecule has 1 aromatic carbocycles. The first-order valence-electron chi connectivity index (χ1n) is 6.95. The van der Waals surface area contributed by atoms with Gasteiger partial charge < -0.3 is 5.32 Å². The number of thiazole rings is 1. The molecule has 3 nitrogen and oxygen atoms in total. The Kier molecular flexibility index (Phi) is 4.09. The third-order valence-corrected chi connectivity index (χ3v) is 5.78. The molecule has 1 N–H and O–H groups in total. The van der Waals surface area contributed by atoms with Gasteiger partial charge in [0.2, 0.25) is 0 Å². The molecule has 0 aliphatic heterocycles. The van der Waals surface area contributed by atoms with Crippen molar-refractivity contribution in [2.24, 2.45) is 0 Å². The smallest absolute Gasteiger partial charge is 0.267 e. The largest absolute Gasteiger partial charge is 0.321 e. The molecular weight excluding hydrogens is 312 g/mol.